The van der Waals surface area contributed by atoms with Gasteiger partial charge in [0.1, 0.15) is 5.69 Å². The Morgan fingerprint density at radius 3 is 2.65 bits per heavy atom. The Bertz CT molecular complexity index is 813. The van der Waals surface area contributed by atoms with Crippen molar-refractivity contribution in [1.29, 1.82) is 0 Å². The van der Waals surface area contributed by atoms with Gasteiger partial charge >= 0.3 is 5.51 Å². The lowest BCUT2D eigenvalue weighted by atomic mass is 10.2. The Hall–Kier alpha value is -1.60. The van der Waals surface area contributed by atoms with Gasteiger partial charge in [-0.05, 0) is 30.0 Å². The van der Waals surface area contributed by atoms with Gasteiger partial charge in [-0.2, -0.15) is 13.2 Å². The van der Waals surface area contributed by atoms with Crippen molar-refractivity contribution >= 4 is 33.3 Å². The molecule has 20 heavy (non-hydrogen) atoms. The Kier molecular flexibility index (Phi) is 3.18. The number of benzene rings is 2. The molecule has 2 aliphatic rings. The molecule has 0 fully saturated rings. The van der Waals surface area contributed by atoms with Gasteiger partial charge in [0.15, 0.2) is 0 Å². The van der Waals surface area contributed by atoms with E-state index in [1.54, 1.807) is 12.1 Å². The lowest BCUT2D eigenvalue weighted by Crippen LogP contribution is -2.08. The van der Waals surface area contributed by atoms with Gasteiger partial charge in [-0.15, -0.1) is 11.3 Å². The first-order chi connectivity index (χ1) is 9.42. The van der Waals surface area contributed by atoms with E-state index in [2.05, 4.69) is 4.98 Å². The summed E-state index contributed by atoms with van der Waals surface area (Å²) in [6, 6.07) is 9.54. The van der Waals surface area contributed by atoms with Crippen molar-refractivity contribution in [2.45, 2.75) is 10.4 Å². The number of hydrogen-bond acceptors (Lipinski definition) is 4. The topological polar surface area (TPSA) is 30.0 Å². The summed E-state index contributed by atoms with van der Waals surface area (Å²) in [5.74, 6) is 0. The van der Waals surface area contributed by atoms with E-state index in [-0.39, 0.29) is 22.4 Å². The van der Waals surface area contributed by atoms with Crippen LogP contribution in [0.5, 0.6) is 0 Å². The molecule has 1 aliphatic heterocycles. The fraction of sp³-hybridized carbons (Fsp3) is 0.0769. The highest BCUT2D eigenvalue weighted by Crippen LogP contribution is 2.39. The first kappa shape index (κ1) is 13.4. The van der Waals surface area contributed by atoms with Crippen LogP contribution in [0.1, 0.15) is 0 Å². The summed E-state index contributed by atoms with van der Waals surface area (Å²) in [4.78, 5) is 16.5. The number of rotatable bonds is 1. The molecule has 0 unspecified atom stereocenters. The van der Waals surface area contributed by atoms with Gasteiger partial charge in [0.2, 0.25) is 5.43 Å². The van der Waals surface area contributed by atoms with Crippen LogP contribution in [0.2, 0.25) is 0 Å². The third-order valence-electron chi connectivity index (χ3n) is 2.56. The lowest BCUT2D eigenvalue weighted by Gasteiger charge is -2.09. The second kappa shape index (κ2) is 4.75. The molecule has 0 spiro atoms. The molecule has 0 aromatic heterocycles. The summed E-state index contributed by atoms with van der Waals surface area (Å²) in [5.41, 5.74) is -4.02. The summed E-state index contributed by atoms with van der Waals surface area (Å²) < 4.78 is 38.0. The highest BCUT2D eigenvalue weighted by molar-refractivity contribution is 8.00. The number of aromatic nitrogens is 1. The molecule has 1 heterocycles. The van der Waals surface area contributed by atoms with Crippen LogP contribution in [0.4, 0.5) is 13.2 Å². The zero-order valence-corrected chi connectivity index (χ0v) is 11.4. The summed E-state index contributed by atoms with van der Waals surface area (Å²) in [5, 5.41) is 0. The fourth-order valence-corrected chi connectivity index (χ4v) is 3.53. The number of para-hydroxylation sites is 1. The summed E-state index contributed by atoms with van der Waals surface area (Å²) in [6.45, 7) is 0. The molecule has 1 aromatic carbocycles. The normalized spacial score (nSPS) is 12.2. The maximum atomic E-state index is 12.4. The first-order valence-electron chi connectivity index (χ1n) is 5.52. The van der Waals surface area contributed by atoms with Crippen LogP contribution in [0.3, 0.4) is 0 Å². The molecule has 3 rings (SSSR count). The summed E-state index contributed by atoms with van der Waals surface area (Å²) in [7, 11) is 0. The van der Waals surface area contributed by atoms with Crippen molar-refractivity contribution in [2.75, 3.05) is 0 Å². The second-order valence-corrected chi connectivity index (χ2v) is 6.22. The Balaban J connectivity index is 2.23. The van der Waals surface area contributed by atoms with Crippen LogP contribution in [-0.4, -0.2) is 10.5 Å². The predicted molar refractivity (Wildman–Crippen MR) is 74.4 cm³/mol. The van der Waals surface area contributed by atoms with Gasteiger partial charge in [0.25, 0.3) is 0 Å². The van der Waals surface area contributed by atoms with E-state index in [4.69, 9.17) is 0 Å². The molecular formula is C13H6F3NOS2. The minimum atomic E-state index is -4.41. The first-order valence-corrected chi connectivity index (χ1v) is 7.15. The zero-order valence-electron chi connectivity index (χ0n) is 9.77. The van der Waals surface area contributed by atoms with Gasteiger partial charge in [-0.25, -0.2) is 4.98 Å². The van der Waals surface area contributed by atoms with E-state index >= 15 is 0 Å². The number of thioether (sulfide) groups is 1. The van der Waals surface area contributed by atoms with E-state index in [1.165, 1.54) is 17.4 Å². The largest absolute Gasteiger partial charge is 0.446 e. The molecule has 7 heteroatoms. The van der Waals surface area contributed by atoms with Gasteiger partial charge in [-0.1, -0.05) is 12.1 Å². The molecule has 102 valence electrons. The van der Waals surface area contributed by atoms with Gasteiger partial charge < -0.3 is 0 Å². The Morgan fingerprint density at radius 2 is 1.90 bits per heavy atom. The van der Waals surface area contributed by atoms with E-state index in [0.717, 1.165) is 10.8 Å². The second-order valence-electron chi connectivity index (χ2n) is 4.00. The maximum Gasteiger partial charge on any atom is 0.446 e. The Morgan fingerprint density at radius 1 is 1.15 bits per heavy atom. The van der Waals surface area contributed by atoms with Crippen molar-refractivity contribution < 1.29 is 13.2 Å². The van der Waals surface area contributed by atoms with Gasteiger partial charge in [-0.3, -0.25) is 4.79 Å². The molecule has 2 nitrogen and oxygen atoms in total. The van der Waals surface area contributed by atoms with Crippen LogP contribution in [0.15, 0.2) is 46.1 Å². The molecule has 0 saturated heterocycles. The monoisotopic (exact) mass is 313 g/mol. The van der Waals surface area contributed by atoms with Crippen molar-refractivity contribution in [3.8, 4) is 10.6 Å². The smallest absolute Gasteiger partial charge is 0.287 e. The molecule has 0 atom stereocenters. The Labute approximate surface area is 119 Å². The number of nitrogens with zero attached hydrogens (tertiary/aromatic N) is 1. The fourth-order valence-electron chi connectivity index (χ4n) is 1.81. The lowest BCUT2D eigenvalue weighted by molar-refractivity contribution is -0.0328. The van der Waals surface area contributed by atoms with Crippen LogP contribution in [0, 0.1) is 0 Å². The molecule has 1 aliphatic carbocycles. The SMILES string of the molecule is O=c1cc(SC(F)(F)F)cc2sc3ccccc3nc1-2. The quantitative estimate of drug-likeness (QED) is 0.493. The molecule has 0 saturated carbocycles. The van der Waals surface area contributed by atoms with E-state index < -0.39 is 10.9 Å². The molecule has 0 radical (unpaired) electrons. The highest BCUT2D eigenvalue weighted by atomic mass is 32.2. The van der Waals surface area contributed by atoms with Gasteiger partial charge in [0.05, 0.1) is 15.1 Å². The highest BCUT2D eigenvalue weighted by Gasteiger charge is 2.30. The van der Waals surface area contributed by atoms with E-state index in [0.29, 0.717) is 10.4 Å². The molecule has 0 amide bonds. The standard InChI is InChI=1S/C13H6F3NOS2/c14-13(15,16)20-7-5-9(18)12-11(6-7)19-10-4-2-1-3-8(10)17-12/h1-6H. The van der Waals surface area contributed by atoms with Crippen molar-refractivity contribution in [1.82, 2.24) is 4.98 Å². The van der Waals surface area contributed by atoms with Crippen LogP contribution >= 0.6 is 23.1 Å². The third-order valence-corrected chi connectivity index (χ3v) is 4.36. The zero-order chi connectivity index (χ0) is 14.3. The summed E-state index contributed by atoms with van der Waals surface area (Å²) >= 11 is 0.976. The van der Waals surface area contributed by atoms with Gasteiger partial charge in [0, 0.05) is 11.0 Å². The van der Waals surface area contributed by atoms with Crippen molar-refractivity contribution in [2.24, 2.45) is 0 Å². The third kappa shape index (κ3) is 2.64. The van der Waals surface area contributed by atoms with Crippen molar-refractivity contribution in [3.05, 3.63) is 46.6 Å². The van der Waals surface area contributed by atoms with Crippen molar-refractivity contribution in [3.63, 3.8) is 0 Å². The molecule has 0 bridgehead atoms. The number of alkyl halides is 3. The maximum absolute atomic E-state index is 12.4. The minimum absolute atomic E-state index is 0.108. The van der Waals surface area contributed by atoms with E-state index in [9.17, 15) is 18.0 Å². The minimum Gasteiger partial charge on any atom is -0.287 e. The van der Waals surface area contributed by atoms with Crippen LogP contribution in [-0.2, 0) is 0 Å². The molecule has 1 aromatic rings. The van der Waals surface area contributed by atoms with E-state index in [1.807, 2.05) is 12.1 Å². The number of hydrogen-bond donors (Lipinski definition) is 0. The van der Waals surface area contributed by atoms with Crippen LogP contribution in [0.25, 0.3) is 20.8 Å². The number of halogens is 3. The predicted octanol–water partition coefficient (Wildman–Crippen LogP) is 4.37. The molecular weight excluding hydrogens is 307 g/mol. The number of fused-ring (bicyclic) bond motifs is 2. The average Bonchev–Trinajstić information content (AvgIpc) is 2.35. The summed E-state index contributed by atoms with van der Waals surface area (Å²) in [6.07, 6.45) is 0. The molecule has 0 N–H and O–H groups in total. The average molecular weight is 313 g/mol. The van der Waals surface area contributed by atoms with Crippen LogP contribution < -0.4 is 5.43 Å².